The van der Waals surface area contributed by atoms with Crippen molar-refractivity contribution in [2.24, 2.45) is 0 Å². The van der Waals surface area contributed by atoms with Gasteiger partial charge in [-0.3, -0.25) is 4.79 Å². The summed E-state index contributed by atoms with van der Waals surface area (Å²) in [5, 5.41) is 6.02. The third kappa shape index (κ3) is 6.90. The van der Waals surface area contributed by atoms with Crippen LogP contribution in [-0.2, 0) is 0 Å². The van der Waals surface area contributed by atoms with Gasteiger partial charge in [-0.25, -0.2) is 4.79 Å². The molecule has 0 unspecified atom stereocenters. The SMILES string of the molecule is O=C(Nc1cccc(Cl)c1)N[C@H](CC(=O)c1ccc(Cl)cc1Cl)C(Cl)(Cl)Cl. The Hall–Kier alpha value is -0.880. The Bertz CT molecular complexity index is 854. The van der Waals surface area contributed by atoms with Gasteiger partial charge in [0, 0.05) is 27.7 Å². The summed E-state index contributed by atoms with van der Waals surface area (Å²) in [6, 6.07) is 9.14. The van der Waals surface area contributed by atoms with E-state index in [1.165, 1.54) is 18.2 Å². The highest BCUT2D eigenvalue weighted by atomic mass is 35.6. The highest BCUT2D eigenvalue weighted by Crippen LogP contribution is 2.33. The van der Waals surface area contributed by atoms with E-state index in [0.717, 1.165) is 0 Å². The fourth-order valence-corrected chi connectivity index (χ4v) is 3.25. The first-order valence-corrected chi connectivity index (χ1v) is 9.71. The maximum Gasteiger partial charge on any atom is 0.319 e. The van der Waals surface area contributed by atoms with Gasteiger partial charge in [0.15, 0.2) is 5.78 Å². The van der Waals surface area contributed by atoms with Crippen molar-refractivity contribution in [2.45, 2.75) is 16.3 Å². The first-order valence-electron chi connectivity index (χ1n) is 7.44. The van der Waals surface area contributed by atoms with E-state index in [4.69, 9.17) is 69.6 Å². The third-order valence-corrected chi connectivity index (χ3v) is 4.98. The molecule has 2 amide bonds. The lowest BCUT2D eigenvalue weighted by Crippen LogP contribution is -2.46. The van der Waals surface area contributed by atoms with E-state index in [9.17, 15) is 9.59 Å². The zero-order valence-corrected chi connectivity index (χ0v) is 17.9. The van der Waals surface area contributed by atoms with Crippen LogP contribution in [0.1, 0.15) is 16.8 Å². The van der Waals surface area contributed by atoms with Gasteiger partial charge in [-0.2, -0.15) is 0 Å². The zero-order valence-electron chi connectivity index (χ0n) is 13.4. The lowest BCUT2D eigenvalue weighted by Gasteiger charge is -2.25. The van der Waals surface area contributed by atoms with Crippen molar-refractivity contribution < 1.29 is 9.59 Å². The van der Waals surface area contributed by atoms with Gasteiger partial charge in [0.1, 0.15) is 0 Å². The normalized spacial score (nSPS) is 12.4. The van der Waals surface area contributed by atoms with Gasteiger partial charge < -0.3 is 10.6 Å². The van der Waals surface area contributed by atoms with Gasteiger partial charge in [0.2, 0.25) is 3.79 Å². The number of urea groups is 1. The number of Topliss-reactive ketones (excluding diaryl/α,β-unsaturated/α-hetero) is 1. The molecule has 27 heavy (non-hydrogen) atoms. The maximum atomic E-state index is 12.5. The predicted molar refractivity (Wildman–Crippen MR) is 113 cm³/mol. The Morgan fingerprint density at radius 3 is 2.22 bits per heavy atom. The summed E-state index contributed by atoms with van der Waals surface area (Å²) in [7, 11) is 0. The average molecular weight is 489 g/mol. The van der Waals surface area contributed by atoms with Gasteiger partial charge in [-0.05, 0) is 36.4 Å². The zero-order chi connectivity index (χ0) is 20.2. The van der Waals surface area contributed by atoms with Crippen LogP contribution in [0.2, 0.25) is 15.1 Å². The molecule has 4 nitrogen and oxygen atoms in total. The smallest absolute Gasteiger partial charge is 0.319 e. The predicted octanol–water partition coefficient (Wildman–Crippen LogP) is 6.78. The molecule has 0 aliphatic rings. The maximum absolute atomic E-state index is 12.5. The average Bonchev–Trinajstić information content (AvgIpc) is 2.53. The van der Waals surface area contributed by atoms with E-state index in [0.29, 0.717) is 15.7 Å². The minimum absolute atomic E-state index is 0.166. The summed E-state index contributed by atoms with van der Waals surface area (Å²) in [4.78, 5) is 24.7. The summed E-state index contributed by atoms with van der Waals surface area (Å²) in [5.41, 5.74) is 0.646. The van der Waals surface area contributed by atoms with Crippen molar-refractivity contribution in [2.75, 3.05) is 5.32 Å². The van der Waals surface area contributed by atoms with E-state index in [1.807, 2.05) is 0 Å². The summed E-state index contributed by atoms with van der Waals surface area (Å²) in [6.45, 7) is 0. The number of carbonyl (C=O) groups excluding carboxylic acids is 2. The van der Waals surface area contributed by atoms with Gasteiger partial charge in [-0.15, -0.1) is 0 Å². The quantitative estimate of drug-likeness (QED) is 0.360. The molecule has 2 aromatic carbocycles. The summed E-state index contributed by atoms with van der Waals surface area (Å²) >= 11 is 35.5. The third-order valence-electron chi connectivity index (χ3n) is 3.40. The number of hydrogen-bond acceptors (Lipinski definition) is 2. The number of ketones is 1. The molecule has 10 heteroatoms. The van der Waals surface area contributed by atoms with Crippen LogP contribution in [0.3, 0.4) is 0 Å². The van der Waals surface area contributed by atoms with E-state index in [1.54, 1.807) is 24.3 Å². The van der Waals surface area contributed by atoms with Crippen molar-refractivity contribution in [3.8, 4) is 0 Å². The number of amides is 2. The Labute approximate surface area is 186 Å². The van der Waals surface area contributed by atoms with Crippen LogP contribution in [0.25, 0.3) is 0 Å². The van der Waals surface area contributed by atoms with E-state index >= 15 is 0 Å². The molecule has 1 atom stereocenters. The monoisotopic (exact) mass is 486 g/mol. The van der Waals surface area contributed by atoms with Crippen molar-refractivity contribution >= 4 is 87.1 Å². The van der Waals surface area contributed by atoms with Gasteiger partial charge in [-0.1, -0.05) is 75.7 Å². The van der Waals surface area contributed by atoms with E-state index in [2.05, 4.69) is 10.6 Å². The van der Waals surface area contributed by atoms with Crippen LogP contribution in [0.5, 0.6) is 0 Å². The number of hydrogen-bond donors (Lipinski definition) is 2. The molecule has 2 N–H and O–H groups in total. The van der Waals surface area contributed by atoms with Crippen LogP contribution in [0.15, 0.2) is 42.5 Å². The van der Waals surface area contributed by atoms with Crippen LogP contribution in [0.4, 0.5) is 10.5 Å². The molecule has 0 spiro atoms. The molecule has 0 bridgehead atoms. The summed E-state index contributed by atoms with van der Waals surface area (Å²) in [6.07, 6.45) is -0.291. The molecule has 0 heterocycles. The Balaban J connectivity index is 2.11. The Morgan fingerprint density at radius 1 is 0.963 bits per heavy atom. The van der Waals surface area contributed by atoms with E-state index < -0.39 is 21.6 Å². The number of carbonyl (C=O) groups is 2. The minimum atomic E-state index is -1.93. The number of rotatable bonds is 5. The molecule has 0 aliphatic carbocycles. The lowest BCUT2D eigenvalue weighted by atomic mass is 10.0. The molecule has 0 fully saturated rings. The van der Waals surface area contributed by atoms with Crippen molar-refractivity contribution in [3.63, 3.8) is 0 Å². The number of anilines is 1. The standard InChI is InChI=1S/C17H12Cl6N2O2/c18-9-2-1-3-11(6-9)24-16(27)25-15(17(21,22)23)8-14(26)12-5-4-10(19)7-13(12)20/h1-7,15H,8H2,(H2,24,25,27)/t15-/m1/s1. The molecule has 0 aliphatic heterocycles. The van der Waals surface area contributed by atoms with Crippen LogP contribution in [0, 0.1) is 0 Å². The van der Waals surface area contributed by atoms with Crippen molar-refractivity contribution in [1.82, 2.24) is 5.32 Å². The van der Waals surface area contributed by atoms with Gasteiger partial charge >= 0.3 is 6.03 Å². The number of halogens is 6. The number of alkyl halides is 3. The fraction of sp³-hybridized carbons (Fsp3) is 0.176. The highest BCUT2D eigenvalue weighted by molar-refractivity contribution is 6.68. The molecule has 0 radical (unpaired) electrons. The molecule has 2 aromatic rings. The summed E-state index contributed by atoms with van der Waals surface area (Å²) < 4.78 is -1.93. The van der Waals surface area contributed by atoms with Gasteiger partial charge in [0.05, 0.1) is 11.1 Å². The first kappa shape index (κ1) is 22.4. The Kier molecular flexibility index (Phi) is 7.93. The highest BCUT2D eigenvalue weighted by Gasteiger charge is 2.36. The second-order valence-electron chi connectivity index (χ2n) is 5.45. The second kappa shape index (κ2) is 9.55. The van der Waals surface area contributed by atoms with Crippen molar-refractivity contribution in [3.05, 3.63) is 63.1 Å². The molecule has 0 saturated carbocycles. The molecule has 144 valence electrons. The summed E-state index contributed by atoms with van der Waals surface area (Å²) in [5.74, 6) is -0.420. The Morgan fingerprint density at radius 2 is 1.63 bits per heavy atom. The van der Waals surface area contributed by atoms with Crippen LogP contribution >= 0.6 is 69.6 Å². The molecule has 0 saturated heterocycles. The fourth-order valence-electron chi connectivity index (χ4n) is 2.15. The van der Waals surface area contributed by atoms with E-state index in [-0.39, 0.29) is 17.0 Å². The minimum Gasteiger partial charge on any atom is -0.330 e. The van der Waals surface area contributed by atoms with Crippen molar-refractivity contribution in [1.29, 1.82) is 0 Å². The molecule has 0 aromatic heterocycles. The van der Waals surface area contributed by atoms with Crippen LogP contribution < -0.4 is 10.6 Å². The lowest BCUT2D eigenvalue weighted by molar-refractivity contribution is 0.0971. The van der Waals surface area contributed by atoms with Gasteiger partial charge in [0.25, 0.3) is 0 Å². The topological polar surface area (TPSA) is 58.2 Å². The molecular weight excluding hydrogens is 477 g/mol. The second-order valence-corrected chi connectivity index (χ2v) is 9.10. The number of benzene rings is 2. The molecular formula is C17H12Cl6N2O2. The largest absolute Gasteiger partial charge is 0.330 e. The number of nitrogens with one attached hydrogen (secondary N) is 2. The van der Waals surface area contributed by atoms with Crippen LogP contribution in [-0.4, -0.2) is 21.6 Å². The first-order chi connectivity index (χ1) is 12.6. The molecule has 2 rings (SSSR count).